The van der Waals surface area contributed by atoms with Crippen molar-refractivity contribution in [3.8, 4) is 0 Å². The van der Waals surface area contributed by atoms with Gasteiger partial charge in [0.1, 0.15) is 0 Å². The van der Waals surface area contributed by atoms with E-state index in [1.807, 2.05) is 0 Å². The van der Waals surface area contributed by atoms with Crippen molar-refractivity contribution in [2.45, 2.75) is 13.8 Å². The number of carbonyl (C=O) groups is 1. The van der Waals surface area contributed by atoms with Crippen LogP contribution in [-0.4, -0.2) is 15.9 Å². The second kappa shape index (κ2) is 3.18. The van der Waals surface area contributed by atoms with E-state index in [2.05, 4.69) is 5.10 Å². The van der Waals surface area contributed by atoms with Gasteiger partial charge in [-0.25, -0.2) is 4.79 Å². The van der Waals surface area contributed by atoms with Gasteiger partial charge >= 0.3 is 5.97 Å². The maximum atomic E-state index is 10.9. The Bertz CT molecular complexity index is 229. The average molecular weight is 154 g/mol. The fraction of sp³-hybridized carbons (Fsp3) is 0.429. The van der Waals surface area contributed by atoms with E-state index in [4.69, 9.17) is 4.84 Å². The number of nitrogens with zero attached hydrogens (tertiary/aromatic N) is 2. The van der Waals surface area contributed by atoms with Gasteiger partial charge in [0.25, 0.3) is 0 Å². The van der Waals surface area contributed by atoms with E-state index in [0.717, 1.165) is 4.85 Å². The van der Waals surface area contributed by atoms with Crippen LogP contribution in [0.1, 0.15) is 13.8 Å². The van der Waals surface area contributed by atoms with Crippen LogP contribution in [0.5, 0.6) is 0 Å². The molecule has 0 aliphatic heterocycles. The summed E-state index contributed by atoms with van der Waals surface area (Å²) in [5.41, 5.74) is 0. The van der Waals surface area contributed by atoms with Gasteiger partial charge in [0.15, 0.2) is 0 Å². The average Bonchev–Trinajstić information content (AvgIpc) is 2.39. The molecule has 0 saturated heterocycles. The van der Waals surface area contributed by atoms with Gasteiger partial charge in [-0.05, 0) is 6.07 Å². The summed E-state index contributed by atoms with van der Waals surface area (Å²) in [6.45, 7) is 3.54. The highest BCUT2D eigenvalue weighted by Crippen LogP contribution is 1.92. The van der Waals surface area contributed by atoms with E-state index in [1.165, 1.54) is 0 Å². The van der Waals surface area contributed by atoms with Crippen LogP contribution in [0.4, 0.5) is 0 Å². The molecule has 1 aromatic heterocycles. The SMILES string of the molecule is CC(C)C(=O)On1cccn1. The molecule has 0 unspecified atom stereocenters. The van der Waals surface area contributed by atoms with Crippen molar-refractivity contribution in [2.24, 2.45) is 5.92 Å². The molecule has 0 N–H and O–H groups in total. The first-order chi connectivity index (χ1) is 5.20. The standard InChI is InChI=1S/C7H10N2O2/c1-6(2)7(10)11-9-5-3-4-8-9/h3-6H,1-2H3. The van der Waals surface area contributed by atoms with Gasteiger partial charge in [-0.15, -0.1) is 5.10 Å². The third kappa shape index (κ3) is 2.07. The molecule has 0 amide bonds. The Balaban J connectivity index is 2.50. The number of carbonyl (C=O) groups excluding carboxylic acids is 1. The Morgan fingerprint density at radius 3 is 2.82 bits per heavy atom. The van der Waals surface area contributed by atoms with Crippen LogP contribution in [0.15, 0.2) is 18.5 Å². The summed E-state index contributed by atoms with van der Waals surface area (Å²) in [4.78, 5) is 16.9. The Morgan fingerprint density at radius 2 is 2.36 bits per heavy atom. The smallest absolute Gasteiger partial charge is 0.319 e. The van der Waals surface area contributed by atoms with Crippen molar-refractivity contribution in [3.63, 3.8) is 0 Å². The number of hydrogen-bond acceptors (Lipinski definition) is 3. The lowest BCUT2D eigenvalue weighted by Crippen LogP contribution is -2.24. The van der Waals surface area contributed by atoms with Gasteiger partial charge in [0.05, 0.1) is 18.3 Å². The lowest BCUT2D eigenvalue weighted by molar-refractivity contribution is -0.149. The fourth-order valence-corrected chi connectivity index (χ4v) is 0.506. The van der Waals surface area contributed by atoms with Crippen LogP contribution in [0.3, 0.4) is 0 Å². The lowest BCUT2D eigenvalue weighted by atomic mass is 10.2. The highest BCUT2D eigenvalue weighted by molar-refractivity contribution is 5.71. The second-order valence-electron chi connectivity index (χ2n) is 2.47. The fourth-order valence-electron chi connectivity index (χ4n) is 0.506. The Labute approximate surface area is 64.7 Å². The first kappa shape index (κ1) is 7.78. The largest absolute Gasteiger partial charge is 0.337 e. The molecule has 0 saturated carbocycles. The van der Waals surface area contributed by atoms with Crippen molar-refractivity contribution in [1.82, 2.24) is 9.94 Å². The van der Waals surface area contributed by atoms with Crippen LogP contribution < -0.4 is 4.84 Å². The maximum absolute atomic E-state index is 10.9. The minimum Gasteiger partial charge on any atom is -0.319 e. The molecule has 1 heterocycles. The quantitative estimate of drug-likeness (QED) is 0.622. The molecule has 0 spiro atoms. The maximum Gasteiger partial charge on any atom is 0.337 e. The highest BCUT2D eigenvalue weighted by Gasteiger charge is 2.08. The van der Waals surface area contributed by atoms with Crippen LogP contribution in [0.2, 0.25) is 0 Å². The molecule has 0 fully saturated rings. The van der Waals surface area contributed by atoms with Gasteiger partial charge in [-0.1, -0.05) is 18.7 Å². The summed E-state index contributed by atoms with van der Waals surface area (Å²) in [6, 6.07) is 1.69. The number of hydrogen-bond donors (Lipinski definition) is 0. The molecule has 1 aromatic rings. The highest BCUT2D eigenvalue weighted by atomic mass is 16.7. The van der Waals surface area contributed by atoms with E-state index in [0.29, 0.717) is 0 Å². The van der Waals surface area contributed by atoms with E-state index in [-0.39, 0.29) is 11.9 Å². The molecule has 60 valence electrons. The van der Waals surface area contributed by atoms with Crippen molar-refractivity contribution in [2.75, 3.05) is 0 Å². The van der Waals surface area contributed by atoms with Crippen molar-refractivity contribution < 1.29 is 9.63 Å². The minimum atomic E-state index is -0.284. The first-order valence-corrected chi connectivity index (χ1v) is 3.42. The van der Waals surface area contributed by atoms with Crippen LogP contribution >= 0.6 is 0 Å². The summed E-state index contributed by atoms with van der Waals surface area (Å²) in [5.74, 6) is -0.409. The van der Waals surface area contributed by atoms with Crippen LogP contribution in [0.25, 0.3) is 0 Å². The van der Waals surface area contributed by atoms with E-state index < -0.39 is 0 Å². The summed E-state index contributed by atoms with van der Waals surface area (Å²) in [6.07, 6.45) is 3.12. The normalized spacial score (nSPS) is 10.1. The monoisotopic (exact) mass is 154 g/mol. The Kier molecular flexibility index (Phi) is 2.25. The predicted octanol–water partition coefficient (Wildman–Crippen LogP) is 0.494. The molecule has 1 rings (SSSR count). The Hall–Kier alpha value is -1.32. The lowest BCUT2D eigenvalue weighted by Gasteiger charge is -2.03. The summed E-state index contributed by atoms with van der Waals surface area (Å²) < 4.78 is 0. The van der Waals surface area contributed by atoms with Gasteiger partial charge < -0.3 is 4.84 Å². The number of rotatable bonds is 2. The molecule has 0 aliphatic carbocycles. The molecule has 11 heavy (non-hydrogen) atoms. The third-order valence-corrected chi connectivity index (χ3v) is 1.14. The third-order valence-electron chi connectivity index (χ3n) is 1.14. The van der Waals surface area contributed by atoms with Gasteiger partial charge in [-0.2, -0.15) is 0 Å². The Morgan fingerprint density at radius 1 is 1.64 bits per heavy atom. The molecular formula is C7H10N2O2. The summed E-state index contributed by atoms with van der Waals surface area (Å²) >= 11 is 0. The molecular weight excluding hydrogens is 144 g/mol. The van der Waals surface area contributed by atoms with Gasteiger partial charge in [0.2, 0.25) is 0 Å². The van der Waals surface area contributed by atoms with Gasteiger partial charge in [0, 0.05) is 0 Å². The summed E-state index contributed by atoms with van der Waals surface area (Å²) in [5, 5.41) is 3.71. The summed E-state index contributed by atoms with van der Waals surface area (Å²) in [7, 11) is 0. The molecule has 4 nitrogen and oxygen atoms in total. The number of aromatic nitrogens is 2. The van der Waals surface area contributed by atoms with Crippen molar-refractivity contribution in [3.05, 3.63) is 18.5 Å². The molecule has 0 aromatic carbocycles. The zero-order chi connectivity index (χ0) is 8.27. The molecule has 4 heteroatoms. The topological polar surface area (TPSA) is 44.1 Å². The molecule has 0 atom stereocenters. The molecule has 0 aliphatic rings. The zero-order valence-electron chi connectivity index (χ0n) is 6.52. The molecule has 0 radical (unpaired) electrons. The molecule has 0 bridgehead atoms. The van der Waals surface area contributed by atoms with Gasteiger partial charge in [-0.3, -0.25) is 0 Å². The van der Waals surface area contributed by atoms with E-state index >= 15 is 0 Å². The van der Waals surface area contributed by atoms with E-state index in [1.54, 1.807) is 32.3 Å². The first-order valence-electron chi connectivity index (χ1n) is 3.42. The minimum absolute atomic E-state index is 0.126. The van der Waals surface area contributed by atoms with Crippen molar-refractivity contribution in [1.29, 1.82) is 0 Å². The second-order valence-corrected chi connectivity index (χ2v) is 2.47. The van der Waals surface area contributed by atoms with Crippen molar-refractivity contribution >= 4 is 5.97 Å². The van der Waals surface area contributed by atoms with Crippen LogP contribution in [-0.2, 0) is 4.79 Å². The predicted molar refractivity (Wildman–Crippen MR) is 38.7 cm³/mol. The zero-order valence-corrected chi connectivity index (χ0v) is 6.52. The van der Waals surface area contributed by atoms with Crippen LogP contribution in [0, 0.1) is 5.92 Å². The van der Waals surface area contributed by atoms with E-state index in [9.17, 15) is 4.79 Å².